The van der Waals surface area contributed by atoms with Gasteiger partial charge in [-0.15, -0.1) is 0 Å². The summed E-state index contributed by atoms with van der Waals surface area (Å²) in [5.74, 6) is 0. The van der Waals surface area contributed by atoms with Crippen LogP contribution in [0.25, 0.3) is 0 Å². The lowest BCUT2D eigenvalue weighted by molar-refractivity contribution is 0.0411. The van der Waals surface area contributed by atoms with Gasteiger partial charge in [-0.05, 0) is 39.5 Å². The number of hydrogen-bond donors (Lipinski definition) is 1. The van der Waals surface area contributed by atoms with Crippen molar-refractivity contribution in [1.29, 1.82) is 0 Å². The van der Waals surface area contributed by atoms with Crippen LogP contribution in [-0.2, 0) is 4.74 Å². The van der Waals surface area contributed by atoms with E-state index >= 15 is 0 Å². The summed E-state index contributed by atoms with van der Waals surface area (Å²) in [5.41, 5.74) is 0. The van der Waals surface area contributed by atoms with Crippen molar-refractivity contribution < 1.29 is 9.84 Å². The van der Waals surface area contributed by atoms with Crippen LogP contribution in [0.15, 0.2) is 0 Å². The van der Waals surface area contributed by atoms with Gasteiger partial charge in [0.05, 0.1) is 18.3 Å². The Bertz CT molecular complexity index is 112. The second-order valence-corrected chi connectivity index (χ2v) is 3.57. The lowest BCUT2D eigenvalue weighted by atomic mass is 10.1. The molecule has 0 aliphatic carbocycles. The highest BCUT2D eigenvalue weighted by Gasteiger charge is 2.21. The van der Waals surface area contributed by atoms with Crippen molar-refractivity contribution in [3.05, 3.63) is 0 Å². The predicted molar refractivity (Wildman–Crippen MR) is 44.5 cm³/mol. The summed E-state index contributed by atoms with van der Waals surface area (Å²) in [4.78, 5) is 0. The number of rotatable bonds is 3. The van der Waals surface area contributed by atoms with Gasteiger partial charge in [0.2, 0.25) is 0 Å². The zero-order valence-electron chi connectivity index (χ0n) is 7.42. The van der Waals surface area contributed by atoms with Crippen LogP contribution >= 0.6 is 0 Å². The molecule has 1 fully saturated rings. The second kappa shape index (κ2) is 4.07. The molecule has 1 aliphatic rings. The standard InChI is InChI=1S/C9H18O2/c1-7(10)3-5-9-6-4-8(2)11-9/h7-10H,3-6H2,1-2H3/t7-,8-,9+/m0/s1. The minimum absolute atomic E-state index is 0.172. The molecule has 1 saturated heterocycles. The fraction of sp³-hybridized carbons (Fsp3) is 1.00. The average Bonchev–Trinajstić information content (AvgIpc) is 2.31. The van der Waals surface area contributed by atoms with Crippen LogP contribution in [0.5, 0.6) is 0 Å². The van der Waals surface area contributed by atoms with Gasteiger partial charge in [-0.25, -0.2) is 0 Å². The zero-order chi connectivity index (χ0) is 8.27. The van der Waals surface area contributed by atoms with E-state index in [1.165, 1.54) is 12.8 Å². The molecule has 0 bridgehead atoms. The SMILES string of the molecule is C[C@H](O)CC[C@@H]1CC[C@H](C)O1. The molecule has 1 N–H and O–H groups in total. The van der Waals surface area contributed by atoms with Gasteiger partial charge < -0.3 is 9.84 Å². The Morgan fingerprint density at radius 3 is 2.73 bits per heavy atom. The molecule has 0 aromatic rings. The van der Waals surface area contributed by atoms with E-state index in [-0.39, 0.29) is 6.10 Å². The van der Waals surface area contributed by atoms with Gasteiger partial charge in [-0.3, -0.25) is 0 Å². The van der Waals surface area contributed by atoms with Gasteiger partial charge >= 0.3 is 0 Å². The molecular formula is C9H18O2. The van der Waals surface area contributed by atoms with E-state index in [1.807, 2.05) is 6.92 Å². The molecular weight excluding hydrogens is 140 g/mol. The van der Waals surface area contributed by atoms with Crippen molar-refractivity contribution >= 4 is 0 Å². The summed E-state index contributed by atoms with van der Waals surface area (Å²) < 4.78 is 5.60. The summed E-state index contributed by atoms with van der Waals surface area (Å²) in [5, 5.41) is 9.02. The fourth-order valence-electron chi connectivity index (χ4n) is 1.52. The van der Waals surface area contributed by atoms with E-state index in [0.717, 1.165) is 12.8 Å². The molecule has 0 spiro atoms. The van der Waals surface area contributed by atoms with Gasteiger partial charge in [0, 0.05) is 0 Å². The number of ether oxygens (including phenoxy) is 1. The molecule has 3 atom stereocenters. The summed E-state index contributed by atoms with van der Waals surface area (Å²) in [6, 6.07) is 0. The predicted octanol–water partition coefficient (Wildman–Crippen LogP) is 1.71. The highest BCUT2D eigenvalue weighted by Crippen LogP contribution is 2.22. The first-order chi connectivity index (χ1) is 5.18. The van der Waals surface area contributed by atoms with Gasteiger partial charge in [0.15, 0.2) is 0 Å². The van der Waals surface area contributed by atoms with Crippen LogP contribution in [0.3, 0.4) is 0 Å². The van der Waals surface area contributed by atoms with Crippen LogP contribution in [0.1, 0.15) is 39.5 Å². The van der Waals surface area contributed by atoms with Gasteiger partial charge in [-0.2, -0.15) is 0 Å². The number of aliphatic hydroxyl groups excluding tert-OH is 1. The maximum absolute atomic E-state index is 9.02. The van der Waals surface area contributed by atoms with Crippen molar-refractivity contribution in [3.8, 4) is 0 Å². The van der Waals surface area contributed by atoms with Gasteiger partial charge in [0.25, 0.3) is 0 Å². The first-order valence-electron chi connectivity index (χ1n) is 4.52. The molecule has 2 heteroatoms. The number of aliphatic hydroxyl groups is 1. The van der Waals surface area contributed by atoms with Crippen molar-refractivity contribution in [1.82, 2.24) is 0 Å². The van der Waals surface area contributed by atoms with Crippen LogP contribution in [0, 0.1) is 0 Å². The quantitative estimate of drug-likeness (QED) is 0.677. The third kappa shape index (κ3) is 3.21. The molecule has 1 heterocycles. The van der Waals surface area contributed by atoms with E-state index in [4.69, 9.17) is 9.84 Å². The van der Waals surface area contributed by atoms with Crippen molar-refractivity contribution in [3.63, 3.8) is 0 Å². The topological polar surface area (TPSA) is 29.5 Å². The normalized spacial score (nSPS) is 34.1. The van der Waals surface area contributed by atoms with Gasteiger partial charge in [-0.1, -0.05) is 0 Å². The molecule has 11 heavy (non-hydrogen) atoms. The molecule has 0 unspecified atom stereocenters. The Labute approximate surface area is 68.6 Å². The maximum Gasteiger partial charge on any atom is 0.0580 e. The molecule has 66 valence electrons. The molecule has 0 radical (unpaired) electrons. The lowest BCUT2D eigenvalue weighted by Crippen LogP contribution is -2.11. The summed E-state index contributed by atoms with van der Waals surface area (Å²) >= 11 is 0. The van der Waals surface area contributed by atoms with Crippen molar-refractivity contribution in [2.24, 2.45) is 0 Å². The highest BCUT2D eigenvalue weighted by atomic mass is 16.5. The second-order valence-electron chi connectivity index (χ2n) is 3.57. The average molecular weight is 158 g/mol. The van der Waals surface area contributed by atoms with E-state index < -0.39 is 0 Å². The Morgan fingerprint density at radius 1 is 1.55 bits per heavy atom. The molecule has 0 amide bonds. The minimum Gasteiger partial charge on any atom is -0.393 e. The molecule has 1 aliphatic heterocycles. The third-order valence-corrected chi connectivity index (χ3v) is 2.23. The van der Waals surface area contributed by atoms with Crippen LogP contribution in [-0.4, -0.2) is 23.4 Å². The van der Waals surface area contributed by atoms with Crippen LogP contribution in [0.2, 0.25) is 0 Å². The summed E-state index contributed by atoms with van der Waals surface area (Å²) in [6.45, 7) is 3.95. The van der Waals surface area contributed by atoms with E-state index in [0.29, 0.717) is 12.2 Å². The first-order valence-corrected chi connectivity index (χ1v) is 4.52. The van der Waals surface area contributed by atoms with E-state index in [1.54, 1.807) is 0 Å². The first kappa shape index (κ1) is 9.01. The largest absolute Gasteiger partial charge is 0.393 e. The Morgan fingerprint density at radius 2 is 2.27 bits per heavy atom. The van der Waals surface area contributed by atoms with Crippen LogP contribution in [0.4, 0.5) is 0 Å². The van der Waals surface area contributed by atoms with Crippen molar-refractivity contribution in [2.75, 3.05) is 0 Å². The minimum atomic E-state index is -0.172. The van der Waals surface area contributed by atoms with E-state index in [2.05, 4.69) is 6.92 Å². The summed E-state index contributed by atoms with van der Waals surface area (Å²) in [6.07, 6.45) is 4.93. The Hall–Kier alpha value is -0.0800. The molecule has 0 saturated carbocycles. The van der Waals surface area contributed by atoms with Crippen LogP contribution < -0.4 is 0 Å². The lowest BCUT2D eigenvalue weighted by Gasteiger charge is -2.11. The monoisotopic (exact) mass is 158 g/mol. The number of hydrogen-bond acceptors (Lipinski definition) is 2. The maximum atomic E-state index is 9.02. The Kier molecular flexibility index (Phi) is 3.34. The zero-order valence-corrected chi connectivity index (χ0v) is 7.42. The summed E-state index contributed by atoms with van der Waals surface area (Å²) in [7, 11) is 0. The molecule has 2 nitrogen and oxygen atoms in total. The molecule has 1 rings (SSSR count). The smallest absolute Gasteiger partial charge is 0.0580 e. The molecule has 0 aromatic heterocycles. The fourth-order valence-corrected chi connectivity index (χ4v) is 1.52. The third-order valence-electron chi connectivity index (χ3n) is 2.23. The van der Waals surface area contributed by atoms with Gasteiger partial charge in [0.1, 0.15) is 0 Å². The van der Waals surface area contributed by atoms with E-state index in [9.17, 15) is 0 Å². The Balaban J connectivity index is 2.08. The molecule has 0 aromatic carbocycles. The highest BCUT2D eigenvalue weighted by molar-refractivity contribution is 4.70. The van der Waals surface area contributed by atoms with Crippen molar-refractivity contribution in [2.45, 2.75) is 57.8 Å².